The number of alkyl halides is 1. The average molecular weight is 393 g/mol. The summed E-state index contributed by atoms with van der Waals surface area (Å²) in [5.41, 5.74) is 2.30. The van der Waals surface area contributed by atoms with Crippen LogP contribution in [0.15, 0.2) is 18.2 Å². The Kier molecular flexibility index (Phi) is 3.78. The van der Waals surface area contributed by atoms with E-state index in [4.69, 9.17) is 16.6 Å². The Morgan fingerprint density at radius 1 is 1.56 bits per heavy atom. The molecule has 2 aromatic rings. The maximum atomic E-state index is 6.31. The molecule has 2 nitrogen and oxygen atoms in total. The summed E-state index contributed by atoms with van der Waals surface area (Å²) in [6, 6.07) is 7.01. The molecule has 0 radical (unpaired) electrons. The van der Waals surface area contributed by atoms with Crippen molar-refractivity contribution >= 4 is 57.0 Å². The van der Waals surface area contributed by atoms with E-state index in [9.17, 15) is 0 Å². The lowest BCUT2D eigenvalue weighted by Gasteiger charge is -2.16. The summed E-state index contributed by atoms with van der Waals surface area (Å²) < 4.78 is 3.59. The summed E-state index contributed by atoms with van der Waals surface area (Å²) >= 11 is 10.7. The highest BCUT2D eigenvalue weighted by Gasteiger charge is 2.24. The van der Waals surface area contributed by atoms with Crippen LogP contribution in [0.4, 0.5) is 0 Å². The molecule has 1 aromatic carbocycles. The zero-order chi connectivity index (χ0) is 12.7. The number of imidazole rings is 1. The van der Waals surface area contributed by atoms with Gasteiger partial charge in [0, 0.05) is 15.4 Å². The number of hydrogen-bond acceptors (Lipinski definition) is 2. The van der Waals surface area contributed by atoms with Gasteiger partial charge >= 0.3 is 0 Å². The molecular weight excluding hydrogens is 379 g/mol. The van der Waals surface area contributed by atoms with Gasteiger partial charge in [-0.3, -0.25) is 0 Å². The third-order valence-corrected chi connectivity index (χ3v) is 5.32. The highest BCUT2D eigenvalue weighted by Crippen LogP contribution is 2.35. The summed E-state index contributed by atoms with van der Waals surface area (Å²) in [5, 5.41) is -0.0411. The molecule has 2 unspecified atom stereocenters. The van der Waals surface area contributed by atoms with E-state index < -0.39 is 0 Å². The lowest BCUT2D eigenvalue weighted by Crippen LogP contribution is -2.12. The van der Waals surface area contributed by atoms with Gasteiger partial charge in [0.2, 0.25) is 0 Å². The second kappa shape index (κ2) is 5.21. The standard InChI is InChI=1S/C13H14ClIN2S/c1-8(14)13-16-11-6-9(15)2-3-12(11)17(13)10-4-5-18-7-10/h2-3,6,8,10H,4-5,7H2,1H3. The molecule has 1 aliphatic rings. The van der Waals surface area contributed by atoms with E-state index in [2.05, 4.69) is 45.4 Å². The van der Waals surface area contributed by atoms with Gasteiger partial charge < -0.3 is 4.57 Å². The number of thioether (sulfide) groups is 1. The Bertz CT molecular complexity index is 576. The minimum atomic E-state index is -0.0411. The van der Waals surface area contributed by atoms with Crippen molar-refractivity contribution in [2.75, 3.05) is 11.5 Å². The van der Waals surface area contributed by atoms with Gasteiger partial charge in [-0.05, 0) is 59.9 Å². The van der Waals surface area contributed by atoms with Crippen molar-refractivity contribution in [3.63, 3.8) is 0 Å². The first kappa shape index (κ1) is 13.1. The van der Waals surface area contributed by atoms with Gasteiger partial charge in [0.25, 0.3) is 0 Å². The van der Waals surface area contributed by atoms with E-state index in [1.807, 2.05) is 18.7 Å². The van der Waals surface area contributed by atoms with Crippen molar-refractivity contribution in [2.24, 2.45) is 0 Å². The summed E-state index contributed by atoms with van der Waals surface area (Å²) in [5.74, 6) is 3.43. The third kappa shape index (κ3) is 2.27. The summed E-state index contributed by atoms with van der Waals surface area (Å²) in [6.45, 7) is 2.01. The molecular formula is C13H14ClIN2S. The Morgan fingerprint density at radius 3 is 3.06 bits per heavy atom. The number of halogens is 2. The topological polar surface area (TPSA) is 17.8 Å². The number of hydrogen-bond donors (Lipinski definition) is 0. The van der Waals surface area contributed by atoms with Gasteiger partial charge in [-0.1, -0.05) is 0 Å². The number of fused-ring (bicyclic) bond motifs is 1. The highest BCUT2D eigenvalue weighted by atomic mass is 127. The van der Waals surface area contributed by atoms with Crippen LogP contribution in [0.3, 0.4) is 0 Å². The Labute approximate surface area is 130 Å². The van der Waals surface area contributed by atoms with Crippen LogP contribution in [0.25, 0.3) is 11.0 Å². The van der Waals surface area contributed by atoms with Crippen molar-refractivity contribution in [2.45, 2.75) is 24.8 Å². The van der Waals surface area contributed by atoms with Crippen LogP contribution >= 0.6 is 46.0 Å². The predicted octanol–water partition coefficient (Wildman–Crippen LogP) is 4.62. The fourth-order valence-corrected chi connectivity index (χ4v) is 4.30. The SMILES string of the molecule is CC(Cl)c1nc2cc(I)ccc2n1C1CCSC1. The van der Waals surface area contributed by atoms with Gasteiger partial charge in [0.15, 0.2) is 0 Å². The maximum Gasteiger partial charge on any atom is 0.128 e. The van der Waals surface area contributed by atoms with Crippen LogP contribution in [-0.4, -0.2) is 21.1 Å². The van der Waals surface area contributed by atoms with Crippen molar-refractivity contribution in [1.29, 1.82) is 0 Å². The molecule has 0 spiro atoms. The monoisotopic (exact) mass is 392 g/mol. The Hall–Kier alpha value is 0.0600. The number of benzene rings is 1. The maximum absolute atomic E-state index is 6.31. The van der Waals surface area contributed by atoms with Crippen LogP contribution in [-0.2, 0) is 0 Å². The minimum absolute atomic E-state index is 0.0411. The van der Waals surface area contributed by atoms with Crippen molar-refractivity contribution in [1.82, 2.24) is 9.55 Å². The van der Waals surface area contributed by atoms with Crippen molar-refractivity contribution in [3.05, 3.63) is 27.6 Å². The lowest BCUT2D eigenvalue weighted by molar-refractivity contribution is 0.549. The van der Waals surface area contributed by atoms with E-state index in [-0.39, 0.29) is 5.38 Å². The molecule has 18 heavy (non-hydrogen) atoms. The van der Waals surface area contributed by atoms with Crippen LogP contribution in [0.1, 0.15) is 30.6 Å². The van der Waals surface area contributed by atoms with Gasteiger partial charge in [0.1, 0.15) is 5.82 Å². The second-order valence-electron chi connectivity index (χ2n) is 4.61. The number of aromatic nitrogens is 2. The zero-order valence-electron chi connectivity index (χ0n) is 10.1. The first-order valence-electron chi connectivity index (χ1n) is 6.06. The van der Waals surface area contributed by atoms with Crippen LogP contribution < -0.4 is 0 Å². The average Bonchev–Trinajstić information content (AvgIpc) is 2.92. The largest absolute Gasteiger partial charge is 0.323 e. The number of nitrogens with zero attached hydrogens (tertiary/aromatic N) is 2. The summed E-state index contributed by atoms with van der Waals surface area (Å²) in [6.07, 6.45) is 1.22. The molecule has 1 aromatic heterocycles. The summed E-state index contributed by atoms with van der Waals surface area (Å²) in [4.78, 5) is 4.73. The normalized spacial score (nSPS) is 21.6. The fourth-order valence-electron chi connectivity index (χ4n) is 2.48. The van der Waals surface area contributed by atoms with Gasteiger partial charge in [-0.2, -0.15) is 11.8 Å². The van der Waals surface area contributed by atoms with Crippen LogP contribution in [0.5, 0.6) is 0 Å². The first-order valence-corrected chi connectivity index (χ1v) is 8.73. The quantitative estimate of drug-likeness (QED) is 0.548. The molecule has 0 N–H and O–H groups in total. The van der Waals surface area contributed by atoms with Crippen molar-refractivity contribution in [3.8, 4) is 0 Å². The van der Waals surface area contributed by atoms with E-state index >= 15 is 0 Å². The summed E-state index contributed by atoms with van der Waals surface area (Å²) in [7, 11) is 0. The van der Waals surface area contributed by atoms with Crippen molar-refractivity contribution < 1.29 is 0 Å². The predicted molar refractivity (Wildman–Crippen MR) is 87.7 cm³/mol. The van der Waals surface area contributed by atoms with E-state index in [1.165, 1.54) is 27.0 Å². The van der Waals surface area contributed by atoms with E-state index in [0.29, 0.717) is 6.04 Å². The van der Waals surface area contributed by atoms with Gasteiger partial charge in [-0.15, -0.1) is 11.6 Å². The second-order valence-corrected chi connectivity index (χ2v) is 7.66. The molecule has 0 aliphatic carbocycles. The van der Waals surface area contributed by atoms with E-state index in [1.54, 1.807) is 0 Å². The molecule has 1 aliphatic heterocycles. The molecule has 0 bridgehead atoms. The van der Waals surface area contributed by atoms with Crippen LogP contribution in [0.2, 0.25) is 0 Å². The molecule has 0 saturated carbocycles. The lowest BCUT2D eigenvalue weighted by atomic mass is 10.2. The smallest absolute Gasteiger partial charge is 0.128 e. The zero-order valence-corrected chi connectivity index (χ0v) is 13.8. The van der Waals surface area contributed by atoms with E-state index in [0.717, 1.165) is 11.3 Å². The number of rotatable bonds is 2. The molecule has 5 heteroatoms. The first-order chi connectivity index (χ1) is 8.66. The fraction of sp³-hybridized carbons (Fsp3) is 0.462. The Morgan fingerprint density at radius 2 is 2.39 bits per heavy atom. The molecule has 3 rings (SSSR count). The van der Waals surface area contributed by atoms with Gasteiger partial charge in [0.05, 0.1) is 16.4 Å². The molecule has 96 valence electrons. The Balaban J connectivity index is 2.21. The molecule has 2 heterocycles. The highest BCUT2D eigenvalue weighted by molar-refractivity contribution is 14.1. The minimum Gasteiger partial charge on any atom is -0.323 e. The molecule has 1 fully saturated rings. The third-order valence-electron chi connectivity index (χ3n) is 3.31. The molecule has 2 atom stereocenters. The molecule has 0 amide bonds. The van der Waals surface area contributed by atoms with Crippen LogP contribution in [0, 0.1) is 3.57 Å². The molecule has 1 saturated heterocycles. The van der Waals surface area contributed by atoms with Gasteiger partial charge in [-0.25, -0.2) is 4.98 Å².